The molecule has 1 rings (SSSR count). The summed E-state index contributed by atoms with van der Waals surface area (Å²) in [6.45, 7) is 6.39. The number of rotatable bonds is 5. The molecule has 0 aromatic rings. The van der Waals surface area contributed by atoms with Gasteiger partial charge in [-0.05, 0) is 27.7 Å². The first kappa shape index (κ1) is 18.1. The van der Waals surface area contributed by atoms with Crippen LogP contribution in [0.15, 0.2) is 0 Å². The van der Waals surface area contributed by atoms with Crippen LogP contribution in [0.1, 0.15) is 34.1 Å². The third-order valence-corrected chi connectivity index (χ3v) is 3.93. The number of alkyl carbamates (subject to hydrolysis) is 1. The first-order valence-corrected chi connectivity index (χ1v) is 6.93. The smallest absolute Gasteiger partial charge is 0.407 e. The Kier molecular flexibility index (Phi) is 5.57. The Morgan fingerprint density at radius 1 is 1.33 bits per heavy atom. The zero-order valence-corrected chi connectivity index (χ0v) is 12.9. The van der Waals surface area contributed by atoms with Crippen molar-refractivity contribution in [2.75, 3.05) is 13.2 Å². The van der Waals surface area contributed by atoms with Gasteiger partial charge >= 0.3 is 6.09 Å². The van der Waals surface area contributed by atoms with Gasteiger partial charge in [-0.1, -0.05) is 0 Å². The lowest BCUT2D eigenvalue weighted by atomic mass is 9.97. The van der Waals surface area contributed by atoms with E-state index in [1.165, 1.54) is 5.06 Å². The standard InChI is InChI=1S/C13H26N2O6/c1-12(2)5-10(13(3,4)15(12)20)21-11(19)14-6-8(17)9(18)7-16/h8-10,16-18,20H,5-7H2,1-4H3,(H,14,19). The average Bonchev–Trinajstić information content (AvgIpc) is 2.55. The van der Waals surface area contributed by atoms with Gasteiger partial charge < -0.3 is 30.6 Å². The van der Waals surface area contributed by atoms with Gasteiger partial charge in [0.1, 0.15) is 12.2 Å². The fraction of sp³-hybridized carbons (Fsp3) is 0.923. The van der Waals surface area contributed by atoms with Gasteiger partial charge in [-0.2, -0.15) is 5.06 Å². The van der Waals surface area contributed by atoms with Gasteiger partial charge in [0.2, 0.25) is 0 Å². The van der Waals surface area contributed by atoms with Gasteiger partial charge in [-0.3, -0.25) is 0 Å². The zero-order chi connectivity index (χ0) is 16.4. The molecule has 5 N–H and O–H groups in total. The fourth-order valence-corrected chi connectivity index (χ4v) is 2.51. The first-order valence-electron chi connectivity index (χ1n) is 6.93. The SMILES string of the molecule is CC1(C)CC(OC(=O)NCC(O)C(O)CO)C(C)(C)N1O. The van der Waals surface area contributed by atoms with Crippen LogP contribution in [0.25, 0.3) is 0 Å². The molecule has 0 bridgehead atoms. The maximum Gasteiger partial charge on any atom is 0.407 e. The van der Waals surface area contributed by atoms with Crippen LogP contribution in [0.5, 0.6) is 0 Å². The molecule has 1 fully saturated rings. The monoisotopic (exact) mass is 306 g/mol. The number of carbonyl (C=O) groups is 1. The maximum atomic E-state index is 11.7. The molecule has 0 spiro atoms. The molecule has 1 heterocycles. The summed E-state index contributed by atoms with van der Waals surface area (Å²) in [6, 6.07) is 0. The molecule has 8 nitrogen and oxygen atoms in total. The molecule has 1 saturated heterocycles. The fourth-order valence-electron chi connectivity index (χ4n) is 2.51. The van der Waals surface area contributed by atoms with Crippen molar-refractivity contribution >= 4 is 6.09 Å². The second kappa shape index (κ2) is 6.45. The van der Waals surface area contributed by atoms with Crippen molar-refractivity contribution in [2.24, 2.45) is 0 Å². The number of nitrogens with zero attached hydrogens (tertiary/aromatic N) is 1. The van der Waals surface area contributed by atoms with E-state index in [0.29, 0.717) is 6.42 Å². The second-order valence-corrected chi connectivity index (χ2v) is 6.57. The third-order valence-electron chi connectivity index (χ3n) is 3.93. The van der Waals surface area contributed by atoms with Crippen molar-refractivity contribution in [3.05, 3.63) is 0 Å². The highest BCUT2D eigenvalue weighted by Gasteiger charge is 2.53. The van der Waals surface area contributed by atoms with Crippen molar-refractivity contribution in [2.45, 2.75) is 63.5 Å². The average molecular weight is 306 g/mol. The summed E-state index contributed by atoms with van der Waals surface area (Å²) in [6.07, 6.45) is -3.39. The van der Waals surface area contributed by atoms with Crippen LogP contribution in [0.2, 0.25) is 0 Å². The highest BCUT2D eigenvalue weighted by atomic mass is 16.6. The summed E-state index contributed by atoms with van der Waals surface area (Å²) >= 11 is 0. The molecule has 8 heteroatoms. The molecule has 21 heavy (non-hydrogen) atoms. The van der Waals surface area contributed by atoms with Crippen LogP contribution in [0, 0.1) is 0 Å². The molecule has 0 aromatic heterocycles. The van der Waals surface area contributed by atoms with Crippen LogP contribution >= 0.6 is 0 Å². The van der Waals surface area contributed by atoms with E-state index in [4.69, 9.17) is 9.84 Å². The Morgan fingerprint density at radius 2 is 1.90 bits per heavy atom. The van der Waals surface area contributed by atoms with Crippen LogP contribution in [0.3, 0.4) is 0 Å². The van der Waals surface area contributed by atoms with Crippen molar-refractivity contribution in [3.63, 3.8) is 0 Å². The molecule has 0 aliphatic carbocycles. The van der Waals surface area contributed by atoms with Gasteiger partial charge in [-0.25, -0.2) is 4.79 Å². The summed E-state index contributed by atoms with van der Waals surface area (Å²) in [7, 11) is 0. The van der Waals surface area contributed by atoms with Crippen LogP contribution < -0.4 is 5.32 Å². The lowest BCUT2D eigenvalue weighted by molar-refractivity contribution is -0.201. The summed E-state index contributed by atoms with van der Waals surface area (Å²) in [5.41, 5.74) is -1.24. The van der Waals surface area contributed by atoms with Crippen molar-refractivity contribution in [3.8, 4) is 0 Å². The van der Waals surface area contributed by atoms with Gasteiger partial charge in [0, 0.05) is 18.5 Å². The number of hydroxylamine groups is 2. The number of aliphatic hydroxyl groups excluding tert-OH is 3. The molecule has 0 radical (unpaired) electrons. The van der Waals surface area contributed by atoms with E-state index < -0.39 is 42.1 Å². The minimum Gasteiger partial charge on any atom is -0.444 e. The molecule has 3 atom stereocenters. The van der Waals surface area contributed by atoms with Crippen LogP contribution in [0.4, 0.5) is 4.79 Å². The molecule has 1 amide bonds. The molecule has 0 aromatic carbocycles. The summed E-state index contributed by atoms with van der Waals surface area (Å²) in [4.78, 5) is 11.7. The quantitative estimate of drug-likeness (QED) is 0.462. The number of nitrogens with one attached hydrogen (secondary N) is 1. The van der Waals surface area contributed by atoms with E-state index in [2.05, 4.69) is 5.32 Å². The maximum absolute atomic E-state index is 11.7. The Morgan fingerprint density at radius 3 is 2.33 bits per heavy atom. The Hall–Kier alpha value is -0.930. The highest BCUT2D eigenvalue weighted by Crippen LogP contribution is 2.40. The predicted molar refractivity (Wildman–Crippen MR) is 73.8 cm³/mol. The zero-order valence-electron chi connectivity index (χ0n) is 12.9. The largest absolute Gasteiger partial charge is 0.444 e. The van der Waals surface area contributed by atoms with E-state index in [1.807, 2.05) is 13.8 Å². The van der Waals surface area contributed by atoms with E-state index in [0.717, 1.165) is 0 Å². The number of ether oxygens (including phenoxy) is 1. The number of hydrogen-bond donors (Lipinski definition) is 5. The molecule has 1 aliphatic rings. The predicted octanol–water partition coefficient (Wildman–Crippen LogP) is -0.553. The lowest BCUT2D eigenvalue weighted by Crippen LogP contribution is -2.50. The Balaban J connectivity index is 2.52. The minimum absolute atomic E-state index is 0.236. The number of aliphatic hydroxyl groups is 3. The van der Waals surface area contributed by atoms with Crippen LogP contribution in [-0.2, 0) is 4.74 Å². The van der Waals surface area contributed by atoms with Crippen molar-refractivity contribution in [1.29, 1.82) is 0 Å². The molecular formula is C13H26N2O6. The third kappa shape index (κ3) is 4.04. The molecule has 124 valence electrons. The minimum atomic E-state index is -1.32. The van der Waals surface area contributed by atoms with E-state index >= 15 is 0 Å². The Bertz CT molecular complexity index is 374. The molecule has 1 aliphatic heterocycles. The lowest BCUT2D eigenvalue weighted by Gasteiger charge is -2.35. The van der Waals surface area contributed by atoms with E-state index in [1.54, 1.807) is 13.8 Å². The summed E-state index contributed by atoms with van der Waals surface area (Å²) in [5.74, 6) is 0. The van der Waals surface area contributed by atoms with Gasteiger partial charge in [-0.15, -0.1) is 0 Å². The topological polar surface area (TPSA) is 122 Å². The normalized spacial score (nSPS) is 27.1. The number of amides is 1. The van der Waals surface area contributed by atoms with Crippen LogP contribution in [-0.4, -0.2) is 74.2 Å². The van der Waals surface area contributed by atoms with Gasteiger partial charge in [0.05, 0.1) is 18.2 Å². The van der Waals surface area contributed by atoms with Gasteiger partial charge in [0.15, 0.2) is 0 Å². The molecule has 3 unspecified atom stereocenters. The molecule has 0 saturated carbocycles. The van der Waals surface area contributed by atoms with E-state index in [9.17, 15) is 20.2 Å². The first-order chi connectivity index (χ1) is 9.52. The second-order valence-electron chi connectivity index (χ2n) is 6.57. The number of carbonyl (C=O) groups excluding carboxylic acids is 1. The van der Waals surface area contributed by atoms with E-state index in [-0.39, 0.29) is 6.54 Å². The highest BCUT2D eigenvalue weighted by molar-refractivity contribution is 5.67. The number of hydrogen-bond acceptors (Lipinski definition) is 7. The molecular weight excluding hydrogens is 280 g/mol. The Labute approximate surface area is 124 Å². The van der Waals surface area contributed by atoms with Crippen molar-refractivity contribution in [1.82, 2.24) is 10.4 Å². The van der Waals surface area contributed by atoms with Gasteiger partial charge in [0.25, 0.3) is 0 Å². The summed E-state index contributed by atoms with van der Waals surface area (Å²) in [5, 5.41) is 40.9. The van der Waals surface area contributed by atoms with Crippen molar-refractivity contribution < 1.29 is 30.1 Å². The summed E-state index contributed by atoms with van der Waals surface area (Å²) < 4.78 is 5.29.